The van der Waals surface area contributed by atoms with Crippen LogP contribution in [0.2, 0.25) is 5.02 Å². The Hall–Kier alpha value is -2.05. The van der Waals surface area contributed by atoms with E-state index in [1.807, 2.05) is 18.2 Å². The molecular formula is C12H8ClN3. The van der Waals surface area contributed by atoms with Gasteiger partial charge in [0.2, 0.25) is 0 Å². The van der Waals surface area contributed by atoms with E-state index in [0.717, 1.165) is 11.1 Å². The molecule has 0 saturated heterocycles. The summed E-state index contributed by atoms with van der Waals surface area (Å²) in [4.78, 5) is 3.97. The Kier molecular flexibility index (Phi) is 2.76. The topological polar surface area (TPSA) is 62.7 Å². The molecule has 2 aromatic rings. The minimum atomic E-state index is 0.250. The van der Waals surface area contributed by atoms with Crippen molar-refractivity contribution in [1.29, 1.82) is 5.26 Å². The average Bonchev–Trinajstić information content (AvgIpc) is 2.31. The van der Waals surface area contributed by atoms with Gasteiger partial charge in [0.05, 0.1) is 5.56 Å². The minimum Gasteiger partial charge on any atom is -0.383 e. The van der Waals surface area contributed by atoms with Crippen LogP contribution in [0.5, 0.6) is 0 Å². The first kappa shape index (κ1) is 10.5. The van der Waals surface area contributed by atoms with Crippen LogP contribution >= 0.6 is 11.6 Å². The average molecular weight is 230 g/mol. The van der Waals surface area contributed by atoms with Gasteiger partial charge in [0.25, 0.3) is 0 Å². The number of benzene rings is 1. The number of nitrogens with zero attached hydrogens (tertiary/aromatic N) is 2. The van der Waals surface area contributed by atoms with Crippen LogP contribution in [0.15, 0.2) is 36.5 Å². The molecule has 0 bridgehead atoms. The lowest BCUT2D eigenvalue weighted by molar-refractivity contribution is 1.31. The van der Waals surface area contributed by atoms with Crippen molar-refractivity contribution in [3.63, 3.8) is 0 Å². The summed E-state index contributed by atoms with van der Waals surface area (Å²) in [5, 5.41) is 9.52. The molecule has 1 aromatic heterocycles. The molecular weight excluding hydrogens is 222 g/mol. The van der Waals surface area contributed by atoms with Gasteiger partial charge >= 0.3 is 0 Å². The number of anilines is 1. The molecule has 0 atom stereocenters. The molecule has 1 heterocycles. The van der Waals surface area contributed by atoms with Crippen LogP contribution in [0.25, 0.3) is 11.1 Å². The highest BCUT2D eigenvalue weighted by Crippen LogP contribution is 2.23. The highest BCUT2D eigenvalue weighted by molar-refractivity contribution is 6.30. The third-order valence-electron chi connectivity index (χ3n) is 2.22. The van der Waals surface area contributed by atoms with E-state index in [1.165, 1.54) is 0 Å². The second kappa shape index (κ2) is 4.21. The summed E-state index contributed by atoms with van der Waals surface area (Å²) in [6, 6.07) is 11.0. The summed E-state index contributed by atoms with van der Waals surface area (Å²) in [7, 11) is 0. The summed E-state index contributed by atoms with van der Waals surface area (Å²) in [6.45, 7) is 0. The van der Waals surface area contributed by atoms with Gasteiger partial charge in [-0.25, -0.2) is 4.98 Å². The molecule has 0 unspecified atom stereocenters. The van der Waals surface area contributed by atoms with Crippen LogP contribution in [0, 0.1) is 11.3 Å². The number of nitrogen functional groups attached to an aromatic ring is 1. The Morgan fingerprint density at radius 2 is 1.88 bits per heavy atom. The van der Waals surface area contributed by atoms with Crippen molar-refractivity contribution in [3.05, 3.63) is 47.1 Å². The van der Waals surface area contributed by atoms with Gasteiger partial charge in [-0.2, -0.15) is 5.26 Å². The number of pyridine rings is 1. The van der Waals surface area contributed by atoms with Gasteiger partial charge in [0, 0.05) is 16.8 Å². The fourth-order valence-electron chi connectivity index (χ4n) is 1.37. The van der Waals surface area contributed by atoms with Gasteiger partial charge in [0.15, 0.2) is 0 Å². The van der Waals surface area contributed by atoms with Crippen molar-refractivity contribution >= 4 is 17.4 Å². The van der Waals surface area contributed by atoms with Crippen LogP contribution in [-0.2, 0) is 0 Å². The minimum absolute atomic E-state index is 0.250. The van der Waals surface area contributed by atoms with Crippen molar-refractivity contribution in [2.75, 3.05) is 5.73 Å². The Morgan fingerprint density at radius 3 is 2.50 bits per heavy atom. The molecule has 16 heavy (non-hydrogen) atoms. The molecule has 0 fully saturated rings. The molecule has 2 N–H and O–H groups in total. The maximum Gasteiger partial charge on any atom is 0.141 e. The van der Waals surface area contributed by atoms with E-state index in [1.54, 1.807) is 24.4 Å². The number of aromatic nitrogens is 1. The maximum absolute atomic E-state index is 8.84. The fraction of sp³-hybridized carbons (Fsp3) is 0. The predicted octanol–water partition coefficient (Wildman–Crippen LogP) is 2.86. The highest BCUT2D eigenvalue weighted by atomic mass is 35.5. The van der Waals surface area contributed by atoms with Crippen LogP contribution in [0.1, 0.15) is 5.56 Å². The highest BCUT2D eigenvalue weighted by Gasteiger charge is 2.03. The first-order valence-electron chi connectivity index (χ1n) is 4.62. The third kappa shape index (κ3) is 1.97. The Bertz CT molecular complexity index is 555. The zero-order valence-corrected chi connectivity index (χ0v) is 9.07. The van der Waals surface area contributed by atoms with Gasteiger partial charge in [-0.3, -0.25) is 0 Å². The van der Waals surface area contributed by atoms with Crippen molar-refractivity contribution in [2.45, 2.75) is 0 Å². The largest absolute Gasteiger partial charge is 0.383 e. The fourth-order valence-corrected chi connectivity index (χ4v) is 1.49. The second-order valence-corrected chi connectivity index (χ2v) is 3.71. The van der Waals surface area contributed by atoms with Gasteiger partial charge in [-0.05, 0) is 23.8 Å². The molecule has 0 amide bonds. The van der Waals surface area contributed by atoms with E-state index < -0.39 is 0 Å². The first-order valence-corrected chi connectivity index (χ1v) is 5.00. The van der Waals surface area contributed by atoms with Gasteiger partial charge < -0.3 is 5.73 Å². The normalized spacial score (nSPS) is 9.75. The molecule has 78 valence electrons. The number of nitrogens with two attached hydrogens (primary N) is 1. The zero-order valence-electron chi connectivity index (χ0n) is 8.31. The molecule has 4 heteroatoms. The van der Waals surface area contributed by atoms with E-state index in [4.69, 9.17) is 22.6 Å². The number of halogens is 1. The maximum atomic E-state index is 8.84. The van der Waals surface area contributed by atoms with Crippen LogP contribution in [0.4, 0.5) is 5.82 Å². The van der Waals surface area contributed by atoms with Gasteiger partial charge in [-0.15, -0.1) is 0 Å². The van der Waals surface area contributed by atoms with E-state index in [0.29, 0.717) is 10.6 Å². The molecule has 2 rings (SSSR count). The van der Waals surface area contributed by atoms with E-state index in [-0.39, 0.29) is 5.82 Å². The van der Waals surface area contributed by atoms with Crippen molar-refractivity contribution in [2.24, 2.45) is 0 Å². The second-order valence-electron chi connectivity index (χ2n) is 3.28. The molecule has 0 spiro atoms. The van der Waals surface area contributed by atoms with Crippen LogP contribution in [-0.4, -0.2) is 4.98 Å². The Balaban J connectivity index is 2.49. The number of nitriles is 1. The zero-order chi connectivity index (χ0) is 11.5. The summed E-state index contributed by atoms with van der Waals surface area (Å²) < 4.78 is 0. The quantitative estimate of drug-likeness (QED) is 0.818. The number of hydrogen-bond acceptors (Lipinski definition) is 3. The summed E-state index contributed by atoms with van der Waals surface area (Å²) in [5.74, 6) is 0.250. The van der Waals surface area contributed by atoms with Crippen LogP contribution in [0.3, 0.4) is 0 Å². The molecule has 0 aliphatic rings. The van der Waals surface area contributed by atoms with Gasteiger partial charge in [0.1, 0.15) is 11.9 Å². The first-order chi connectivity index (χ1) is 7.70. The summed E-state index contributed by atoms with van der Waals surface area (Å²) in [6.07, 6.45) is 1.64. The third-order valence-corrected chi connectivity index (χ3v) is 2.47. The molecule has 3 nitrogen and oxygen atoms in total. The van der Waals surface area contributed by atoms with E-state index >= 15 is 0 Å². The lowest BCUT2D eigenvalue weighted by Gasteiger charge is -2.03. The smallest absolute Gasteiger partial charge is 0.141 e. The Labute approximate surface area is 98.1 Å². The lowest BCUT2D eigenvalue weighted by atomic mass is 10.1. The van der Waals surface area contributed by atoms with Crippen molar-refractivity contribution in [3.8, 4) is 17.2 Å². The van der Waals surface area contributed by atoms with E-state index in [2.05, 4.69) is 4.98 Å². The molecule has 0 radical (unpaired) electrons. The van der Waals surface area contributed by atoms with Crippen molar-refractivity contribution < 1.29 is 0 Å². The summed E-state index contributed by atoms with van der Waals surface area (Å²) >= 11 is 5.79. The molecule has 0 aliphatic carbocycles. The Morgan fingerprint density at radius 1 is 1.19 bits per heavy atom. The lowest BCUT2D eigenvalue weighted by Crippen LogP contribution is -1.94. The molecule has 0 saturated carbocycles. The predicted molar refractivity (Wildman–Crippen MR) is 63.8 cm³/mol. The summed E-state index contributed by atoms with van der Waals surface area (Å²) in [5.41, 5.74) is 7.73. The molecule has 0 aliphatic heterocycles. The van der Waals surface area contributed by atoms with Crippen LogP contribution < -0.4 is 5.73 Å². The monoisotopic (exact) mass is 229 g/mol. The van der Waals surface area contributed by atoms with Gasteiger partial charge in [-0.1, -0.05) is 23.7 Å². The SMILES string of the molecule is N#Cc1cc(-c2ccc(Cl)cc2)cnc1N. The number of hydrogen-bond donors (Lipinski definition) is 1. The van der Waals surface area contributed by atoms with E-state index in [9.17, 15) is 0 Å². The molecule has 1 aromatic carbocycles. The number of rotatable bonds is 1. The standard InChI is InChI=1S/C12H8ClN3/c13-11-3-1-8(2-4-11)10-5-9(6-14)12(15)16-7-10/h1-5,7H,(H2,15,16). The van der Waals surface area contributed by atoms with Crippen molar-refractivity contribution in [1.82, 2.24) is 4.98 Å².